The molecule has 1 aromatic carbocycles. The summed E-state index contributed by atoms with van der Waals surface area (Å²) in [7, 11) is 0. The topological polar surface area (TPSA) is 57.7 Å². The fraction of sp³-hybridized carbons (Fsp3) is 0.389. The fourth-order valence-corrected chi connectivity index (χ4v) is 4.44. The lowest BCUT2D eigenvalue weighted by Crippen LogP contribution is -2.44. The summed E-state index contributed by atoms with van der Waals surface area (Å²) in [6.45, 7) is 1.36. The number of nitrogens with zero attached hydrogens (tertiary/aromatic N) is 2. The van der Waals surface area contributed by atoms with E-state index in [0.717, 1.165) is 6.42 Å². The van der Waals surface area contributed by atoms with Gasteiger partial charge in [-0.05, 0) is 36.5 Å². The first-order valence-electron chi connectivity index (χ1n) is 8.04. The maximum Gasteiger partial charge on any atom is 0.235 e. The van der Waals surface area contributed by atoms with Crippen molar-refractivity contribution < 1.29 is 14.4 Å². The molecular formula is C18H17ClN2O3. The second-order valence-electron chi connectivity index (χ2n) is 6.67. The molecule has 4 atom stereocenters. The van der Waals surface area contributed by atoms with E-state index < -0.39 is 0 Å². The molecule has 0 aromatic heterocycles. The van der Waals surface area contributed by atoms with E-state index in [1.807, 2.05) is 0 Å². The Morgan fingerprint density at radius 2 is 1.83 bits per heavy atom. The van der Waals surface area contributed by atoms with Crippen LogP contribution < -0.4 is 4.90 Å². The predicted octanol–water partition coefficient (Wildman–Crippen LogP) is 2.46. The molecule has 0 radical (unpaired) electrons. The lowest BCUT2D eigenvalue weighted by molar-refractivity contribution is -0.140. The minimum absolute atomic E-state index is 0.0558. The van der Waals surface area contributed by atoms with Gasteiger partial charge >= 0.3 is 0 Å². The number of benzene rings is 1. The van der Waals surface area contributed by atoms with Crippen LogP contribution >= 0.6 is 11.6 Å². The molecule has 2 fully saturated rings. The second kappa shape index (κ2) is 5.45. The molecular weight excluding hydrogens is 328 g/mol. The second-order valence-corrected chi connectivity index (χ2v) is 7.11. The number of anilines is 1. The first-order chi connectivity index (χ1) is 11.5. The first kappa shape index (κ1) is 15.4. The van der Waals surface area contributed by atoms with Crippen LogP contribution in [-0.2, 0) is 14.4 Å². The molecule has 0 unspecified atom stereocenters. The molecule has 1 aromatic rings. The number of fused-ring (bicyclic) bond motifs is 5. The largest absolute Gasteiger partial charge is 0.294 e. The monoisotopic (exact) mass is 344 g/mol. The van der Waals surface area contributed by atoms with E-state index in [0.29, 0.717) is 10.7 Å². The van der Waals surface area contributed by atoms with E-state index in [4.69, 9.17) is 11.6 Å². The highest BCUT2D eigenvalue weighted by molar-refractivity contribution is 6.30. The third kappa shape index (κ3) is 2.18. The zero-order valence-electron chi connectivity index (χ0n) is 13.2. The summed E-state index contributed by atoms with van der Waals surface area (Å²) in [5.74, 6) is -0.723. The summed E-state index contributed by atoms with van der Waals surface area (Å²) in [4.78, 5) is 40.2. The summed E-state index contributed by atoms with van der Waals surface area (Å²) >= 11 is 6.00. The van der Waals surface area contributed by atoms with Crippen molar-refractivity contribution in [3.8, 4) is 0 Å². The van der Waals surface area contributed by atoms with E-state index in [1.54, 1.807) is 24.3 Å². The molecule has 0 spiro atoms. The Morgan fingerprint density at radius 1 is 1.21 bits per heavy atom. The van der Waals surface area contributed by atoms with Gasteiger partial charge in [-0.3, -0.25) is 24.2 Å². The number of amides is 3. The molecule has 2 aliphatic carbocycles. The van der Waals surface area contributed by atoms with Crippen molar-refractivity contribution in [1.82, 2.24) is 4.90 Å². The van der Waals surface area contributed by atoms with Gasteiger partial charge in [-0.1, -0.05) is 29.8 Å². The number of likely N-dealkylation sites (tertiary alicyclic amines) is 1. The highest BCUT2D eigenvalue weighted by Gasteiger charge is 2.59. The summed E-state index contributed by atoms with van der Waals surface area (Å²) in [5, 5.41) is 0.497. The van der Waals surface area contributed by atoms with Gasteiger partial charge in [0.25, 0.3) is 0 Å². The standard InChI is InChI=1S/C18H17ClN2O3/c1-10(22)20(14-4-2-3-13(19)8-14)9-21-17(23)15-11-5-6-12(7-11)16(15)18(21)24/h2-6,8,11-12,15-16H,7,9H2,1H3/t11-,12+,15+,16-. The maximum absolute atomic E-state index is 12.8. The van der Waals surface area contributed by atoms with Crippen molar-refractivity contribution in [3.05, 3.63) is 41.4 Å². The highest BCUT2D eigenvalue weighted by atomic mass is 35.5. The van der Waals surface area contributed by atoms with E-state index in [1.165, 1.54) is 16.7 Å². The van der Waals surface area contributed by atoms with Crippen LogP contribution in [0.2, 0.25) is 5.02 Å². The van der Waals surface area contributed by atoms with E-state index >= 15 is 0 Å². The van der Waals surface area contributed by atoms with Crippen LogP contribution in [0.5, 0.6) is 0 Å². The minimum Gasteiger partial charge on any atom is -0.294 e. The highest BCUT2D eigenvalue weighted by Crippen LogP contribution is 2.52. The van der Waals surface area contributed by atoms with Gasteiger partial charge < -0.3 is 0 Å². The molecule has 124 valence electrons. The fourth-order valence-electron chi connectivity index (χ4n) is 4.25. The van der Waals surface area contributed by atoms with Crippen LogP contribution in [0.4, 0.5) is 5.69 Å². The number of rotatable bonds is 3. The molecule has 0 N–H and O–H groups in total. The third-order valence-corrected chi connectivity index (χ3v) is 5.58. The Kier molecular flexibility index (Phi) is 3.49. The number of carbonyl (C=O) groups is 3. The average Bonchev–Trinajstić information content (AvgIpc) is 3.20. The quantitative estimate of drug-likeness (QED) is 0.625. The zero-order chi connectivity index (χ0) is 17.0. The summed E-state index contributed by atoms with van der Waals surface area (Å²) in [6.07, 6.45) is 5.01. The van der Waals surface area contributed by atoms with Crippen molar-refractivity contribution in [1.29, 1.82) is 0 Å². The third-order valence-electron chi connectivity index (χ3n) is 5.34. The van der Waals surface area contributed by atoms with Crippen molar-refractivity contribution in [2.75, 3.05) is 11.6 Å². The predicted molar refractivity (Wildman–Crippen MR) is 89.0 cm³/mol. The lowest BCUT2D eigenvalue weighted by atomic mass is 9.85. The van der Waals surface area contributed by atoms with Crippen molar-refractivity contribution >= 4 is 35.0 Å². The molecule has 6 heteroatoms. The molecule has 5 nitrogen and oxygen atoms in total. The van der Waals surface area contributed by atoms with E-state index in [9.17, 15) is 14.4 Å². The van der Waals surface area contributed by atoms with Crippen LogP contribution in [0.25, 0.3) is 0 Å². The zero-order valence-corrected chi connectivity index (χ0v) is 13.9. The molecule has 4 rings (SSSR count). The smallest absolute Gasteiger partial charge is 0.235 e. The van der Waals surface area contributed by atoms with Gasteiger partial charge in [0.15, 0.2) is 0 Å². The number of hydrogen-bond donors (Lipinski definition) is 0. The van der Waals surface area contributed by atoms with Gasteiger partial charge in [0.1, 0.15) is 6.67 Å². The van der Waals surface area contributed by atoms with Gasteiger partial charge in [-0.2, -0.15) is 0 Å². The summed E-state index contributed by atoms with van der Waals surface area (Å²) < 4.78 is 0. The SMILES string of the molecule is CC(=O)N(CN1C(=O)[C@@H]2[C@H](C1=O)[C@H]1C=C[C@@H]2C1)c1cccc(Cl)c1. The van der Waals surface area contributed by atoms with Crippen molar-refractivity contribution in [3.63, 3.8) is 0 Å². The Bertz CT molecular complexity index is 745. The molecule has 3 amide bonds. The Hall–Kier alpha value is -2.14. The van der Waals surface area contributed by atoms with Crippen LogP contribution in [0.3, 0.4) is 0 Å². The minimum atomic E-state index is -0.249. The molecule has 3 aliphatic rings. The summed E-state index contributed by atoms with van der Waals surface area (Å²) in [6, 6.07) is 6.84. The molecule has 1 aliphatic heterocycles. The Balaban J connectivity index is 1.61. The number of carbonyl (C=O) groups excluding carboxylic acids is 3. The van der Waals surface area contributed by atoms with Gasteiger partial charge in [0.05, 0.1) is 11.8 Å². The maximum atomic E-state index is 12.8. The van der Waals surface area contributed by atoms with Gasteiger partial charge in [0.2, 0.25) is 17.7 Å². The molecule has 24 heavy (non-hydrogen) atoms. The summed E-state index contributed by atoms with van der Waals surface area (Å²) in [5.41, 5.74) is 0.578. The van der Waals surface area contributed by atoms with Gasteiger partial charge in [-0.15, -0.1) is 0 Å². The Morgan fingerprint density at radius 3 is 2.38 bits per heavy atom. The van der Waals surface area contributed by atoms with Gasteiger partial charge in [-0.25, -0.2) is 0 Å². The lowest BCUT2D eigenvalue weighted by Gasteiger charge is -2.27. The van der Waals surface area contributed by atoms with Crippen molar-refractivity contribution in [2.24, 2.45) is 23.7 Å². The van der Waals surface area contributed by atoms with E-state index in [2.05, 4.69) is 12.2 Å². The number of halogens is 1. The number of allylic oxidation sites excluding steroid dienone is 2. The Labute approximate surface area is 144 Å². The van der Waals surface area contributed by atoms with E-state index in [-0.39, 0.29) is 48.1 Å². The van der Waals surface area contributed by atoms with Crippen LogP contribution in [0.1, 0.15) is 13.3 Å². The molecule has 2 bridgehead atoms. The molecule has 1 heterocycles. The van der Waals surface area contributed by atoms with Crippen molar-refractivity contribution in [2.45, 2.75) is 13.3 Å². The molecule has 1 saturated carbocycles. The normalized spacial score (nSPS) is 30.2. The first-order valence-corrected chi connectivity index (χ1v) is 8.42. The molecule has 1 saturated heterocycles. The number of hydrogen-bond acceptors (Lipinski definition) is 3. The van der Waals surface area contributed by atoms with Gasteiger partial charge in [0, 0.05) is 17.6 Å². The average molecular weight is 345 g/mol. The van der Waals surface area contributed by atoms with Crippen LogP contribution in [0, 0.1) is 23.7 Å². The van der Waals surface area contributed by atoms with Crippen LogP contribution in [0.15, 0.2) is 36.4 Å². The number of imide groups is 1. The van der Waals surface area contributed by atoms with Crippen LogP contribution in [-0.4, -0.2) is 29.3 Å².